The zero-order valence-electron chi connectivity index (χ0n) is 12.3. The first kappa shape index (κ1) is 15.1. The van der Waals surface area contributed by atoms with E-state index >= 15 is 0 Å². The molecule has 0 amide bonds. The quantitative estimate of drug-likeness (QED) is 0.367. The summed E-state index contributed by atoms with van der Waals surface area (Å²) in [5, 5.41) is 0. The second-order valence-electron chi connectivity index (χ2n) is 4.83. The van der Waals surface area contributed by atoms with E-state index in [1.165, 1.54) is 33.1 Å². The average Bonchev–Trinajstić information content (AvgIpc) is 3.06. The molecule has 0 aliphatic carbocycles. The highest BCUT2D eigenvalue weighted by Crippen LogP contribution is 2.21. The maximum absolute atomic E-state index is 11.6. The number of carbonyl (C=O) groups excluding carboxylic acids is 2. The third-order valence-electron chi connectivity index (χ3n) is 3.49. The molecule has 0 spiro atoms. The van der Waals surface area contributed by atoms with E-state index in [9.17, 15) is 9.59 Å². The molecule has 1 aliphatic heterocycles. The first-order valence-corrected chi connectivity index (χ1v) is 6.89. The molecule has 5 heteroatoms. The summed E-state index contributed by atoms with van der Waals surface area (Å²) in [5.41, 5.74) is 1.79. The normalized spacial score (nSPS) is 13.7. The summed E-state index contributed by atoms with van der Waals surface area (Å²) in [6.45, 7) is 2.15. The third-order valence-corrected chi connectivity index (χ3v) is 3.49. The van der Waals surface area contributed by atoms with Crippen molar-refractivity contribution in [2.24, 2.45) is 0 Å². The van der Waals surface area contributed by atoms with Crippen molar-refractivity contribution in [1.29, 1.82) is 0 Å². The lowest BCUT2D eigenvalue weighted by molar-refractivity contribution is -0.143. The first-order valence-electron chi connectivity index (χ1n) is 6.89. The molecule has 112 valence electrons. The van der Waals surface area contributed by atoms with E-state index in [-0.39, 0.29) is 5.57 Å². The molecule has 1 aromatic carbocycles. The molecule has 0 N–H and O–H groups in total. The second kappa shape index (κ2) is 6.92. The predicted molar refractivity (Wildman–Crippen MR) is 79.9 cm³/mol. The molecule has 0 unspecified atom stereocenters. The minimum absolute atomic E-state index is 0.117. The summed E-state index contributed by atoms with van der Waals surface area (Å²) >= 11 is 0. The van der Waals surface area contributed by atoms with Crippen LogP contribution in [0.2, 0.25) is 0 Å². The van der Waals surface area contributed by atoms with Crippen molar-refractivity contribution in [3.05, 3.63) is 35.4 Å². The molecular formula is C16H19NO4. The maximum atomic E-state index is 11.6. The predicted octanol–water partition coefficient (Wildman–Crippen LogP) is 2.02. The second-order valence-corrected chi connectivity index (χ2v) is 4.83. The Hall–Kier alpha value is -2.30. The molecule has 2 rings (SSSR count). The molecule has 0 bridgehead atoms. The van der Waals surface area contributed by atoms with Gasteiger partial charge in [-0.3, -0.25) is 0 Å². The SMILES string of the molecule is COC(=O)C(=Cc1ccc(N2CCCC2)cc1)C(=O)OC. The molecule has 1 saturated heterocycles. The number of carbonyl (C=O) groups is 2. The largest absolute Gasteiger partial charge is 0.465 e. The highest BCUT2D eigenvalue weighted by molar-refractivity contribution is 6.17. The van der Waals surface area contributed by atoms with Gasteiger partial charge < -0.3 is 14.4 Å². The van der Waals surface area contributed by atoms with Crippen LogP contribution in [0.15, 0.2) is 29.8 Å². The molecule has 5 nitrogen and oxygen atoms in total. The molecule has 1 aromatic rings. The Labute approximate surface area is 124 Å². The van der Waals surface area contributed by atoms with E-state index in [1.807, 2.05) is 24.3 Å². The molecule has 21 heavy (non-hydrogen) atoms. The number of anilines is 1. The molecule has 1 aliphatic rings. The molecule has 1 fully saturated rings. The van der Waals surface area contributed by atoms with Crippen LogP contribution >= 0.6 is 0 Å². The summed E-state index contributed by atoms with van der Waals surface area (Å²) in [6, 6.07) is 7.73. The van der Waals surface area contributed by atoms with Crippen molar-refractivity contribution in [3.63, 3.8) is 0 Å². The number of benzene rings is 1. The van der Waals surface area contributed by atoms with E-state index in [0.717, 1.165) is 24.3 Å². The Morgan fingerprint density at radius 2 is 1.52 bits per heavy atom. The summed E-state index contributed by atoms with van der Waals surface area (Å²) in [7, 11) is 2.46. The number of hydrogen-bond acceptors (Lipinski definition) is 5. The van der Waals surface area contributed by atoms with Gasteiger partial charge in [0.25, 0.3) is 0 Å². The molecule has 0 saturated carbocycles. The Bertz CT molecular complexity index is 524. The molecule has 0 radical (unpaired) electrons. The summed E-state index contributed by atoms with van der Waals surface area (Å²) < 4.78 is 9.19. The lowest BCUT2D eigenvalue weighted by Gasteiger charge is -2.17. The summed E-state index contributed by atoms with van der Waals surface area (Å²) in [5.74, 6) is -1.41. The van der Waals surface area contributed by atoms with Crippen molar-refractivity contribution in [1.82, 2.24) is 0 Å². The lowest BCUT2D eigenvalue weighted by atomic mass is 10.1. The minimum atomic E-state index is -0.703. The highest BCUT2D eigenvalue weighted by Gasteiger charge is 2.19. The van der Waals surface area contributed by atoms with Crippen molar-refractivity contribution in [3.8, 4) is 0 Å². The van der Waals surface area contributed by atoms with Crippen molar-refractivity contribution in [2.45, 2.75) is 12.8 Å². The molecule has 0 aromatic heterocycles. The fourth-order valence-corrected chi connectivity index (χ4v) is 2.34. The van der Waals surface area contributed by atoms with E-state index < -0.39 is 11.9 Å². The van der Waals surface area contributed by atoms with Crippen LogP contribution in [0.5, 0.6) is 0 Å². The van der Waals surface area contributed by atoms with Gasteiger partial charge in [0.2, 0.25) is 0 Å². The number of hydrogen-bond donors (Lipinski definition) is 0. The number of esters is 2. The summed E-state index contributed by atoms with van der Waals surface area (Å²) in [4.78, 5) is 25.5. The number of ether oxygens (including phenoxy) is 2. The number of nitrogens with zero attached hydrogens (tertiary/aromatic N) is 1. The zero-order valence-corrected chi connectivity index (χ0v) is 12.3. The van der Waals surface area contributed by atoms with Crippen molar-refractivity contribution in [2.75, 3.05) is 32.2 Å². The Morgan fingerprint density at radius 3 is 2.00 bits per heavy atom. The van der Waals surface area contributed by atoms with E-state index in [1.54, 1.807) is 0 Å². The van der Waals surface area contributed by atoms with Crippen LogP contribution in [-0.4, -0.2) is 39.2 Å². The van der Waals surface area contributed by atoms with E-state index in [0.29, 0.717) is 0 Å². The Kier molecular flexibility index (Phi) is 4.98. The number of rotatable bonds is 4. The van der Waals surface area contributed by atoms with Gasteiger partial charge in [-0.05, 0) is 36.6 Å². The fourth-order valence-electron chi connectivity index (χ4n) is 2.34. The van der Waals surface area contributed by atoms with Crippen LogP contribution in [-0.2, 0) is 19.1 Å². The zero-order chi connectivity index (χ0) is 15.2. The van der Waals surface area contributed by atoms with Crippen molar-refractivity contribution < 1.29 is 19.1 Å². The van der Waals surface area contributed by atoms with Crippen LogP contribution in [0.4, 0.5) is 5.69 Å². The van der Waals surface area contributed by atoms with Crippen molar-refractivity contribution >= 4 is 23.7 Å². The maximum Gasteiger partial charge on any atom is 0.345 e. The van der Waals surface area contributed by atoms with Crippen LogP contribution in [0, 0.1) is 0 Å². The van der Waals surface area contributed by atoms with Gasteiger partial charge in [-0.1, -0.05) is 12.1 Å². The van der Waals surface area contributed by atoms with Gasteiger partial charge in [0.15, 0.2) is 0 Å². The van der Waals surface area contributed by atoms with Crippen LogP contribution in [0.1, 0.15) is 18.4 Å². The number of methoxy groups -OCH3 is 2. The van der Waals surface area contributed by atoms with Crippen LogP contribution in [0.25, 0.3) is 6.08 Å². The van der Waals surface area contributed by atoms with Gasteiger partial charge in [-0.25, -0.2) is 9.59 Å². The third kappa shape index (κ3) is 3.62. The van der Waals surface area contributed by atoms with Gasteiger partial charge in [-0.15, -0.1) is 0 Å². The smallest absolute Gasteiger partial charge is 0.345 e. The summed E-state index contributed by atoms with van der Waals surface area (Å²) in [6.07, 6.45) is 3.92. The van der Waals surface area contributed by atoms with Gasteiger partial charge in [0.1, 0.15) is 5.57 Å². The minimum Gasteiger partial charge on any atom is -0.465 e. The van der Waals surface area contributed by atoms with Gasteiger partial charge >= 0.3 is 11.9 Å². The topological polar surface area (TPSA) is 55.8 Å². The molecular weight excluding hydrogens is 270 g/mol. The standard InChI is InChI=1S/C16H19NO4/c1-20-15(18)14(16(19)21-2)11-12-5-7-13(8-6-12)17-9-3-4-10-17/h5-8,11H,3-4,9-10H2,1-2H3. The van der Waals surface area contributed by atoms with E-state index in [2.05, 4.69) is 14.4 Å². The van der Waals surface area contributed by atoms with Gasteiger partial charge in [0.05, 0.1) is 14.2 Å². The van der Waals surface area contributed by atoms with Crippen LogP contribution in [0.3, 0.4) is 0 Å². The molecule has 0 atom stereocenters. The monoisotopic (exact) mass is 289 g/mol. The molecule has 1 heterocycles. The average molecular weight is 289 g/mol. The first-order chi connectivity index (χ1) is 10.2. The van der Waals surface area contributed by atoms with Gasteiger partial charge in [-0.2, -0.15) is 0 Å². The Balaban J connectivity index is 2.21. The Morgan fingerprint density at radius 1 is 1.00 bits per heavy atom. The lowest BCUT2D eigenvalue weighted by Crippen LogP contribution is -2.17. The fraction of sp³-hybridized carbons (Fsp3) is 0.375. The van der Waals surface area contributed by atoms with Gasteiger partial charge in [0, 0.05) is 18.8 Å². The van der Waals surface area contributed by atoms with E-state index in [4.69, 9.17) is 0 Å². The van der Waals surface area contributed by atoms with Crippen LogP contribution < -0.4 is 4.90 Å². The highest BCUT2D eigenvalue weighted by atomic mass is 16.5.